The van der Waals surface area contributed by atoms with Crippen molar-refractivity contribution in [2.45, 2.75) is 19.4 Å². The van der Waals surface area contributed by atoms with Crippen LogP contribution in [0.2, 0.25) is 5.02 Å². The zero-order valence-corrected chi connectivity index (χ0v) is 11.6. The van der Waals surface area contributed by atoms with Gasteiger partial charge in [-0.05, 0) is 31.7 Å². The van der Waals surface area contributed by atoms with Crippen LogP contribution in [0, 0.1) is 18.3 Å². The van der Waals surface area contributed by atoms with E-state index >= 15 is 0 Å². The van der Waals surface area contributed by atoms with Crippen molar-refractivity contribution in [1.82, 2.24) is 4.90 Å². The van der Waals surface area contributed by atoms with Crippen LogP contribution in [-0.2, 0) is 0 Å². The van der Waals surface area contributed by atoms with Gasteiger partial charge >= 0.3 is 0 Å². The van der Waals surface area contributed by atoms with E-state index in [1.165, 1.54) is 11.3 Å². The van der Waals surface area contributed by atoms with Gasteiger partial charge < -0.3 is 4.90 Å². The highest BCUT2D eigenvalue weighted by molar-refractivity contribution is 6.30. The minimum Gasteiger partial charge on any atom is -0.368 e. The molecule has 0 spiro atoms. The van der Waals surface area contributed by atoms with Crippen molar-refractivity contribution >= 4 is 17.3 Å². The van der Waals surface area contributed by atoms with Crippen molar-refractivity contribution in [1.29, 1.82) is 5.26 Å². The van der Waals surface area contributed by atoms with Gasteiger partial charge in [-0.3, -0.25) is 4.90 Å². The Kier molecular flexibility index (Phi) is 4.11. The fourth-order valence-corrected chi connectivity index (χ4v) is 2.58. The van der Waals surface area contributed by atoms with Gasteiger partial charge in [0.25, 0.3) is 0 Å². The van der Waals surface area contributed by atoms with Crippen LogP contribution in [0.3, 0.4) is 0 Å². The van der Waals surface area contributed by atoms with Crippen LogP contribution in [0.15, 0.2) is 18.2 Å². The molecule has 1 aliphatic rings. The molecule has 0 aliphatic carbocycles. The topological polar surface area (TPSA) is 30.3 Å². The van der Waals surface area contributed by atoms with Crippen molar-refractivity contribution < 1.29 is 0 Å². The maximum atomic E-state index is 8.88. The van der Waals surface area contributed by atoms with Gasteiger partial charge in [-0.15, -0.1) is 0 Å². The first-order valence-electron chi connectivity index (χ1n) is 6.20. The average molecular weight is 264 g/mol. The number of anilines is 1. The first-order valence-corrected chi connectivity index (χ1v) is 6.58. The van der Waals surface area contributed by atoms with Crippen molar-refractivity contribution in [3.05, 3.63) is 28.8 Å². The summed E-state index contributed by atoms with van der Waals surface area (Å²) in [6.45, 7) is 4.96. The van der Waals surface area contributed by atoms with Crippen LogP contribution in [0.4, 0.5) is 5.69 Å². The highest BCUT2D eigenvalue weighted by atomic mass is 35.5. The molecule has 0 saturated carbocycles. The number of rotatable bonds is 2. The number of nitrogens with zero attached hydrogens (tertiary/aromatic N) is 3. The lowest BCUT2D eigenvalue weighted by molar-refractivity contribution is 0.221. The van der Waals surface area contributed by atoms with Crippen LogP contribution >= 0.6 is 11.6 Å². The summed E-state index contributed by atoms with van der Waals surface area (Å²) in [7, 11) is 2.09. The molecule has 1 fully saturated rings. The van der Waals surface area contributed by atoms with Crippen LogP contribution in [0.5, 0.6) is 0 Å². The monoisotopic (exact) mass is 263 g/mol. The lowest BCUT2D eigenvalue weighted by Gasteiger charge is -2.40. The highest BCUT2D eigenvalue weighted by Gasteiger charge is 2.24. The van der Waals surface area contributed by atoms with E-state index in [1.54, 1.807) is 0 Å². The zero-order chi connectivity index (χ0) is 13.1. The van der Waals surface area contributed by atoms with Gasteiger partial charge in [0.15, 0.2) is 0 Å². The quantitative estimate of drug-likeness (QED) is 0.822. The van der Waals surface area contributed by atoms with Gasteiger partial charge in [-0.25, -0.2) is 0 Å². The summed E-state index contributed by atoms with van der Waals surface area (Å²) in [4.78, 5) is 4.60. The number of hydrogen-bond acceptors (Lipinski definition) is 3. The molecule has 1 unspecified atom stereocenters. The molecule has 4 heteroatoms. The Morgan fingerprint density at radius 1 is 1.44 bits per heavy atom. The van der Waals surface area contributed by atoms with E-state index in [0.29, 0.717) is 12.5 Å². The molecule has 0 N–H and O–H groups in total. The van der Waals surface area contributed by atoms with Crippen LogP contribution in [0.25, 0.3) is 0 Å². The molecule has 1 saturated heterocycles. The molecule has 1 aromatic carbocycles. The lowest BCUT2D eigenvalue weighted by atomic mass is 10.1. The molecule has 1 heterocycles. The molecular weight excluding hydrogens is 246 g/mol. The van der Waals surface area contributed by atoms with Crippen molar-refractivity contribution in [3.63, 3.8) is 0 Å². The van der Waals surface area contributed by atoms with Gasteiger partial charge in [-0.2, -0.15) is 5.26 Å². The third-order valence-corrected chi connectivity index (χ3v) is 3.85. The number of aryl methyl sites for hydroxylation is 1. The largest absolute Gasteiger partial charge is 0.368 e. The highest BCUT2D eigenvalue weighted by Crippen LogP contribution is 2.26. The van der Waals surface area contributed by atoms with Crippen molar-refractivity contribution in [3.8, 4) is 6.07 Å². The molecule has 96 valence electrons. The van der Waals surface area contributed by atoms with E-state index in [-0.39, 0.29) is 0 Å². The molecule has 1 atom stereocenters. The zero-order valence-electron chi connectivity index (χ0n) is 10.9. The number of nitriles is 1. The molecule has 18 heavy (non-hydrogen) atoms. The van der Waals surface area contributed by atoms with Gasteiger partial charge in [0, 0.05) is 36.4 Å². The number of benzene rings is 1. The average Bonchev–Trinajstić information content (AvgIpc) is 2.35. The van der Waals surface area contributed by atoms with Crippen LogP contribution < -0.4 is 4.90 Å². The predicted octanol–water partition coefficient (Wildman–Crippen LogP) is 2.68. The van der Waals surface area contributed by atoms with Crippen molar-refractivity contribution in [2.24, 2.45) is 0 Å². The maximum Gasteiger partial charge on any atom is 0.0638 e. The predicted molar refractivity (Wildman–Crippen MR) is 75.1 cm³/mol. The van der Waals surface area contributed by atoms with Gasteiger partial charge in [0.05, 0.1) is 12.5 Å². The van der Waals surface area contributed by atoms with E-state index in [4.69, 9.17) is 16.9 Å². The molecule has 0 radical (unpaired) electrons. The van der Waals surface area contributed by atoms with Crippen molar-refractivity contribution in [2.75, 3.05) is 31.6 Å². The Morgan fingerprint density at radius 2 is 2.22 bits per heavy atom. The minimum atomic E-state index is 0.308. The summed E-state index contributed by atoms with van der Waals surface area (Å²) in [6, 6.07) is 8.57. The van der Waals surface area contributed by atoms with E-state index < -0.39 is 0 Å². The fraction of sp³-hybridized carbons (Fsp3) is 0.500. The number of halogens is 1. The Balaban J connectivity index is 2.19. The first kappa shape index (κ1) is 13.2. The molecule has 0 aromatic heterocycles. The molecule has 3 nitrogen and oxygen atoms in total. The number of piperazine rings is 1. The molecular formula is C14H18ClN3. The number of hydrogen-bond donors (Lipinski definition) is 0. The summed E-state index contributed by atoms with van der Waals surface area (Å²) in [5.41, 5.74) is 2.43. The Morgan fingerprint density at radius 3 is 2.94 bits per heavy atom. The van der Waals surface area contributed by atoms with Crippen LogP contribution in [0.1, 0.15) is 12.0 Å². The van der Waals surface area contributed by atoms with E-state index in [1.807, 2.05) is 12.1 Å². The number of likely N-dealkylation sites (N-methyl/N-ethyl adjacent to an activating group) is 1. The Labute approximate surface area is 114 Å². The minimum absolute atomic E-state index is 0.308. The summed E-state index contributed by atoms with van der Waals surface area (Å²) < 4.78 is 0. The van der Waals surface area contributed by atoms with E-state index in [2.05, 4.69) is 35.9 Å². The van der Waals surface area contributed by atoms with E-state index in [0.717, 1.165) is 24.7 Å². The molecule has 0 amide bonds. The van der Waals surface area contributed by atoms with Gasteiger partial charge in [0.1, 0.15) is 0 Å². The second-order valence-corrected chi connectivity index (χ2v) is 5.31. The van der Waals surface area contributed by atoms with Gasteiger partial charge in [-0.1, -0.05) is 17.7 Å². The Hall–Kier alpha value is -1.24. The van der Waals surface area contributed by atoms with Gasteiger partial charge in [0.2, 0.25) is 0 Å². The fourth-order valence-electron chi connectivity index (χ4n) is 2.41. The third-order valence-electron chi connectivity index (χ3n) is 3.62. The van der Waals surface area contributed by atoms with Crippen LogP contribution in [-0.4, -0.2) is 37.6 Å². The summed E-state index contributed by atoms with van der Waals surface area (Å²) >= 11 is 6.07. The standard InChI is InChI=1S/C14H18ClN3/c1-11-3-4-12(15)9-14(11)18-8-7-17(2)13(10-18)5-6-16/h3-4,9,13H,5,7-8,10H2,1-2H3. The maximum absolute atomic E-state index is 8.88. The molecule has 1 aliphatic heterocycles. The second kappa shape index (κ2) is 5.60. The summed E-state index contributed by atoms with van der Waals surface area (Å²) in [5, 5.41) is 9.65. The SMILES string of the molecule is Cc1ccc(Cl)cc1N1CCN(C)C(CC#N)C1. The summed E-state index contributed by atoms with van der Waals surface area (Å²) in [5.74, 6) is 0. The molecule has 1 aromatic rings. The van der Waals surface area contributed by atoms with E-state index in [9.17, 15) is 0 Å². The lowest BCUT2D eigenvalue weighted by Crippen LogP contribution is -2.51. The summed E-state index contributed by atoms with van der Waals surface area (Å²) in [6.07, 6.45) is 0.576. The Bertz CT molecular complexity index is 467. The normalized spacial score (nSPS) is 20.8. The molecule has 0 bridgehead atoms. The molecule has 2 rings (SSSR count). The smallest absolute Gasteiger partial charge is 0.0638 e. The first-order chi connectivity index (χ1) is 8.61. The second-order valence-electron chi connectivity index (χ2n) is 4.87. The third kappa shape index (κ3) is 2.77.